The molecule has 1 N–H and O–H groups in total. The van der Waals surface area contributed by atoms with Crippen LogP contribution in [0.15, 0.2) is 53.3 Å². The van der Waals surface area contributed by atoms with Gasteiger partial charge in [0.25, 0.3) is 5.56 Å². The van der Waals surface area contributed by atoms with Gasteiger partial charge in [0.05, 0.1) is 0 Å². The van der Waals surface area contributed by atoms with E-state index in [2.05, 4.69) is 37.1 Å². The number of benzene rings is 2. The van der Waals surface area contributed by atoms with Gasteiger partial charge in [0.15, 0.2) is 11.5 Å². The second kappa shape index (κ2) is 7.04. The van der Waals surface area contributed by atoms with Crippen molar-refractivity contribution in [3.05, 3.63) is 64.4 Å². The van der Waals surface area contributed by atoms with Crippen molar-refractivity contribution in [2.45, 2.75) is 59.0 Å². The minimum atomic E-state index is -0.356. The summed E-state index contributed by atoms with van der Waals surface area (Å²) in [4.78, 5) is 17.6. The van der Waals surface area contributed by atoms with Gasteiger partial charge in [0.2, 0.25) is 0 Å². The van der Waals surface area contributed by atoms with Gasteiger partial charge in [-0.1, -0.05) is 62.7 Å². The smallest absolute Gasteiger partial charge is 0.300 e. The fourth-order valence-electron chi connectivity index (χ4n) is 5.14. The van der Waals surface area contributed by atoms with Gasteiger partial charge in [-0.05, 0) is 56.1 Å². The topological polar surface area (TPSA) is 59.8 Å². The van der Waals surface area contributed by atoms with Crippen LogP contribution in [0.5, 0.6) is 0 Å². The Bertz CT molecular complexity index is 1180. The molecule has 5 heteroatoms. The van der Waals surface area contributed by atoms with Crippen molar-refractivity contribution in [1.29, 1.82) is 0 Å². The maximum Gasteiger partial charge on any atom is 0.300 e. The van der Waals surface area contributed by atoms with Crippen molar-refractivity contribution in [2.24, 2.45) is 11.3 Å². The minimum Gasteiger partial charge on any atom is -0.361 e. The van der Waals surface area contributed by atoms with Crippen LogP contribution in [0.3, 0.4) is 0 Å². The minimum absolute atomic E-state index is 0.273. The molecule has 0 radical (unpaired) electrons. The van der Waals surface area contributed by atoms with Crippen molar-refractivity contribution in [2.75, 3.05) is 5.32 Å². The average Bonchev–Trinajstić information content (AvgIpc) is 2.74. The highest BCUT2D eigenvalue weighted by Gasteiger charge is 2.44. The van der Waals surface area contributed by atoms with E-state index < -0.39 is 0 Å². The number of hydrogen-bond donors (Lipinski definition) is 1. The number of rotatable bonds is 1. The highest BCUT2D eigenvalue weighted by Crippen LogP contribution is 2.48. The Balaban J connectivity index is 1.66. The summed E-state index contributed by atoms with van der Waals surface area (Å²) in [7, 11) is 0. The summed E-state index contributed by atoms with van der Waals surface area (Å²) in [6.07, 6.45) is 4.15. The van der Waals surface area contributed by atoms with Gasteiger partial charge in [-0.3, -0.25) is 4.79 Å². The Kier molecular flexibility index (Phi) is 4.54. The van der Waals surface area contributed by atoms with Crippen LogP contribution in [0.4, 0.5) is 5.69 Å². The van der Waals surface area contributed by atoms with Gasteiger partial charge in [-0.25, -0.2) is 4.68 Å². The number of hydrogen-bond acceptors (Lipinski definition) is 4. The molecule has 2 aliphatic rings. The molecule has 5 nitrogen and oxygen atoms in total. The van der Waals surface area contributed by atoms with E-state index in [4.69, 9.17) is 5.10 Å². The Labute approximate surface area is 183 Å². The quantitative estimate of drug-likeness (QED) is 0.563. The molecule has 5 rings (SSSR count). The third-order valence-electron chi connectivity index (χ3n) is 7.11. The molecule has 0 atom stereocenters. The third-order valence-corrected chi connectivity index (χ3v) is 7.11. The first kappa shape index (κ1) is 20.0. The fourth-order valence-corrected chi connectivity index (χ4v) is 5.14. The summed E-state index contributed by atoms with van der Waals surface area (Å²) < 4.78 is 2.02. The van der Waals surface area contributed by atoms with Crippen LogP contribution in [0.1, 0.15) is 52.0 Å². The molecule has 1 fully saturated rings. The van der Waals surface area contributed by atoms with Crippen LogP contribution in [0, 0.1) is 18.3 Å². The van der Waals surface area contributed by atoms with Gasteiger partial charge >= 0.3 is 0 Å². The zero-order valence-electron chi connectivity index (χ0n) is 18.8. The molecule has 0 unspecified atom stereocenters. The Morgan fingerprint density at radius 1 is 1.03 bits per heavy atom. The first-order chi connectivity index (χ1) is 14.8. The molecular weight excluding hydrogens is 384 g/mol. The third kappa shape index (κ3) is 3.36. The van der Waals surface area contributed by atoms with E-state index in [0.29, 0.717) is 22.9 Å². The first-order valence-corrected chi connectivity index (χ1v) is 11.2. The number of nitrogens with one attached hydrogen (secondary N) is 1. The lowest BCUT2D eigenvalue weighted by Gasteiger charge is -2.48. The highest BCUT2D eigenvalue weighted by atomic mass is 16.1. The van der Waals surface area contributed by atoms with E-state index in [-0.39, 0.29) is 11.2 Å². The molecule has 1 aliphatic carbocycles. The number of fused-ring (bicyclic) bond motifs is 4. The van der Waals surface area contributed by atoms with Crippen LogP contribution in [0.25, 0.3) is 22.6 Å². The SMILES string of the molecule is Cc1ccc(-c2nn3c(nc2=O)-c2ccccc2NC32CCC(C(C)(C)C)CC2)cc1. The van der Waals surface area contributed by atoms with Gasteiger partial charge in [-0.2, -0.15) is 10.1 Å². The van der Waals surface area contributed by atoms with E-state index >= 15 is 0 Å². The lowest BCUT2D eigenvalue weighted by atomic mass is 9.69. The van der Waals surface area contributed by atoms with E-state index in [1.165, 1.54) is 0 Å². The summed E-state index contributed by atoms with van der Waals surface area (Å²) in [5.41, 5.74) is 4.02. The lowest BCUT2D eigenvalue weighted by Crippen LogP contribution is -2.50. The van der Waals surface area contributed by atoms with E-state index in [1.54, 1.807) is 0 Å². The summed E-state index contributed by atoms with van der Waals surface area (Å²) in [6.45, 7) is 9.04. The van der Waals surface area contributed by atoms with Gasteiger partial charge in [0.1, 0.15) is 5.66 Å². The lowest BCUT2D eigenvalue weighted by molar-refractivity contribution is 0.100. The second-order valence-electron chi connectivity index (χ2n) is 10.2. The predicted molar refractivity (Wildman–Crippen MR) is 125 cm³/mol. The van der Waals surface area contributed by atoms with Crippen LogP contribution in [0.2, 0.25) is 0 Å². The largest absolute Gasteiger partial charge is 0.361 e. The van der Waals surface area contributed by atoms with Crippen LogP contribution < -0.4 is 10.9 Å². The molecule has 1 spiro atoms. The number of para-hydroxylation sites is 1. The number of anilines is 1. The predicted octanol–water partition coefficient (Wildman–Crippen LogP) is 5.60. The van der Waals surface area contributed by atoms with Crippen LogP contribution in [-0.4, -0.2) is 14.8 Å². The Morgan fingerprint density at radius 2 is 1.71 bits per heavy atom. The second-order valence-corrected chi connectivity index (χ2v) is 10.2. The van der Waals surface area contributed by atoms with Crippen molar-refractivity contribution in [3.63, 3.8) is 0 Å². The molecule has 1 saturated carbocycles. The maximum absolute atomic E-state index is 13.0. The molecule has 31 heavy (non-hydrogen) atoms. The molecule has 0 saturated heterocycles. The van der Waals surface area contributed by atoms with E-state index in [1.807, 2.05) is 54.1 Å². The summed E-state index contributed by atoms with van der Waals surface area (Å²) in [5, 5.41) is 8.76. The molecule has 1 aromatic heterocycles. The highest BCUT2D eigenvalue weighted by molar-refractivity contribution is 5.76. The summed E-state index contributed by atoms with van der Waals surface area (Å²) in [5.74, 6) is 1.34. The van der Waals surface area contributed by atoms with Crippen molar-refractivity contribution < 1.29 is 0 Å². The molecule has 0 bridgehead atoms. The summed E-state index contributed by atoms with van der Waals surface area (Å²) in [6, 6.07) is 16.1. The molecule has 160 valence electrons. The normalized spacial score (nSPS) is 22.5. The van der Waals surface area contributed by atoms with Crippen LogP contribution >= 0.6 is 0 Å². The molecule has 0 amide bonds. The van der Waals surface area contributed by atoms with Crippen molar-refractivity contribution in [1.82, 2.24) is 14.8 Å². The maximum atomic E-state index is 13.0. The van der Waals surface area contributed by atoms with Gasteiger partial charge in [-0.15, -0.1) is 0 Å². The monoisotopic (exact) mass is 414 g/mol. The van der Waals surface area contributed by atoms with Gasteiger partial charge in [0, 0.05) is 16.8 Å². The molecular formula is C26H30N4O. The molecule has 1 aliphatic heterocycles. The first-order valence-electron chi connectivity index (χ1n) is 11.2. The number of nitrogens with zero attached hydrogens (tertiary/aromatic N) is 3. The Hall–Kier alpha value is -2.95. The molecule has 2 heterocycles. The zero-order valence-corrected chi connectivity index (χ0v) is 18.8. The molecule has 3 aromatic rings. The molecule has 2 aromatic carbocycles. The standard InChI is InChI=1S/C26H30N4O/c1-17-9-11-18(12-10-17)22-24(31)27-23-20-7-5-6-8-21(20)28-26(30(23)29-22)15-13-19(14-16-26)25(2,3)4/h5-12,19,28H,13-16H2,1-4H3. The Morgan fingerprint density at radius 3 is 2.39 bits per heavy atom. The van der Waals surface area contributed by atoms with Crippen molar-refractivity contribution >= 4 is 5.69 Å². The zero-order chi connectivity index (χ0) is 21.8. The van der Waals surface area contributed by atoms with Crippen molar-refractivity contribution in [3.8, 4) is 22.6 Å². The van der Waals surface area contributed by atoms with E-state index in [0.717, 1.165) is 48.1 Å². The van der Waals surface area contributed by atoms with E-state index in [9.17, 15) is 4.79 Å². The van der Waals surface area contributed by atoms with Crippen LogP contribution in [-0.2, 0) is 5.66 Å². The summed E-state index contributed by atoms with van der Waals surface area (Å²) >= 11 is 0. The average molecular weight is 415 g/mol. The fraction of sp³-hybridized carbons (Fsp3) is 0.423. The number of aromatic nitrogens is 3. The number of aryl methyl sites for hydroxylation is 1. The van der Waals surface area contributed by atoms with Gasteiger partial charge < -0.3 is 5.32 Å².